The van der Waals surface area contributed by atoms with Gasteiger partial charge in [0.05, 0.1) is 12.2 Å². The fourth-order valence-corrected chi connectivity index (χ4v) is 3.54. The lowest BCUT2D eigenvalue weighted by molar-refractivity contribution is 0.0194. The maximum atomic E-state index is 6.15. The number of ether oxygens (including phenoxy) is 1. The van der Waals surface area contributed by atoms with E-state index in [4.69, 9.17) is 4.74 Å². The number of hydrogen-bond acceptors (Lipinski definition) is 3. The monoisotopic (exact) mass is 268 g/mol. The number of likely N-dealkylation sites (N-methyl/N-ethyl adjacent to an activating group) is 2. The summed E-state index contributed by atoms with van der Waals surface area (Å²) in [5.41, 5.74) is 0. The van der Waals surface area contributed by atoms with Crippen LogP contribution in [0.3, 0.4) is 0 Å². The zero-order valence-corrected chi connectivity index (χ0v) is 12.9. The van der Waals surface area contributed by atoms with Gasteiger partial charge in [0.1, 0.15) is 0 Å². The average Bonchev–Trinajstić information content (AvgIpc) is 2.68. The molecule has 1 saturated carbocycles. The highest BCUT2D eigenvalue weighted by Gasteiger charge is 2.27. The third-order valence-corrected chi connectivity index (χ3v) is 4.76. The zero-order chi connectivity index (χ0) is 13.5. The topological polar surface area (TPSA) is 24.5 Å². The van der Waals surface area contributed by atoms with Gasteiger partial charge in [-0.3, -0.25) is 0 Å². The Morgan fingerprint density at radius 2 is 1.68 bits per heavy atom. The smallest absolute Gasteiger partial charge is 0.0707 e. The van der Waals surface area contributed by atoms with Crippen molar-refractivity contribution in [2.24, 2.45) is 0 Å². The highest BCUT2D eigenvalue weighted by atomic mass is 16.5. The van der Waals surface area contributed by atoms with Crippen molar-refractivity contribution in [3.8, 4) is 0 Å². The molecule has 2 rings (SSSR count). The summed E-state index contributed by atoms with van der Waals surface area (Å²) < 4.78 is 6.15. The van der Waals surface area contributed by atoms with Crippen LogP contribution in [0, 0.1) is 0 Å². The molecule has 1 N–H and O–H groups in total. The van der Waals surface area contributed by atoms with Crippen LogP contribution in [0.15, 0.2) is 0 Å². The van der Waals surface area contributed by atoms with E-state index in [-0.39, 0.29) is 0 Å². The molecule has 19 heavy (non-hydrogen) atoms. The molecule has 1 saturated heterocycles. The minimum absolute atomic E-state index is 0.451. The molecule has 3 heteroatoms. The number of rotatable bonds is 6. The van der Waals surface area contributed by atoms with Crippen molar-refractivity contribution in [3.05, 3.63) is 0 Å². The van der Waals surface area contributed by atoms with E-state index in [9.17, 15) is 0 Å². The maximum absolute atomic E-state index is 6.15. The quantitative estimate of drug-likeness (QED) is 0.750. The standard InChI is InChI=1S/C16H32N2O/c1-3-17-12-15-10-11-16(19-15)13-18(2)14-8-6-4-5-7-9-14/h14-17H,3-13H2,1-2H3. The Labute approximate surface area is 119 Å². The molecule has 0 radical (unpaired) electrons. The molecule has 0 spiro atoms. The fourth-order valence-electron chi connectivity index (χ4n) is 3.54. The third kappa shape index (κ3) is 5.05. The summed E-state index contributed by atoms with van der Waals surface area (Å²) in [5.74, 6) is 0. The van der Waals surface area contributed by atoms with Gasteiger partial charge in [-0.05, 0) is 39.3 Å². The lowest BCUT2D eigenvalue weighted by Gasteiger charge is -2.29. The van der Waals surface area contributed by atoms with Crippen LogP contribution in [0.4, 0.5) is 0 Å². The van der Waals surface area contributed by atoms with Crippen LogP contribution in [0.1, 0.15) is 58.3 Å². The van der Waals surface area contributed by atoms with Crippen LogP contribution < -0.4 is 5.32 Å². The largest absolute Gasteiger partial charge is 0.372 e. The van der Waals surface area contributed by atoms with Crippen LogP contribution in [0.25, 0.3) is 0 Å². The molecule has 1 aliphatic heterocycles. The van der Waals surface area contributed by atoms with Crippen molar-refractivity contribution in [1.82, 2.24) is 10.2 Å². The van der Waals surface area contributed by atoms with Gasteiger partial charge in [-0.15, -0.1) is 0 Å². The second-order valence-corrected chi connectivity index (χ2v) is 6.35. The first kappa shape index (κ1) is 15.3. The Balaban J connectivity index is 1.68. The molecule has 2 atom stereocenters. The van der Waals surface area contributed by atoms with Crippen molar-refractivity contribution in [2.75, 3.05) is 26.7 Å². The van der Waals surface area contributed by atoms with Crippen molar-refractivity contribution < 1.29 is 4.74 Å². The van der Waals surface area contributed by atoms with Crippen LogP contribution in [0.2, 0.25) is 0 Å². The molecule has 2 aliphatic rings. The first-order chi connectivity index (χ1) is 9.29. The van der Waals surface area contributed by atoms with E-state index in [2.05, 4.69) is 24.2 Å². The Morgan fingerprint density at radius 1 is 1.00 bits per heavy atom. The molecule has 2 unspecified atom stereocenters. The first-order valence-electron chi connectivity index (χ1n) is 8.36. The minimum Gasteiger partial charge on any atom is -0.372 e. The predicted octanol–water partition coefficient (Wildman–Crippen LogP) is 2.80. The number of hydrogen-bond donors (Lipinski definition) is 1. The van der Waals surface area contributed by atoms with Gasteiger partial charge in [-0.25, -0.2) is 0 Å². The Kier molecular flexibility index (Phi) is 6.62. The van der Waals surface area contributed by atoms with Crippen molar-refractivity contribution >= 4 is 0 Å². The van der Waals surface area contributed by atoms with Gasteiger partial charge < -0.3 is 15.0 Å². The average molecular weight is 268 g/mol. The summed E-state index contributed by atoms with van der Waals surface area (Å²) in [7, 11) is 2.30. The van der Waals surface area contributed by atoms with E-state index in [0.29, 0.717) is 12.2 Å². The summed E-state index contributed by atoms with van der Waals surface area (Å²) in [4.78, 5) is 2.58. The van der Waals surface area contributed by atoms with Gasteiger partial charge in [0.15, 0.2) is 0 Å². The molecule has 1 heterocycles. The highest BCUT2D eigenvalue weighted by Crippen LogP contribution is 2.24. The SMILES string of the molecule is CCNCC1CCC(CN(C)C2CCCCCC2)O1. The molecular weight excluding hydrogens is 236 g/mol. The third-order valence-electron chi connectivity index (χ3n) is 4.76. The van der Waals surface area contributed by atoms with Crippen molar-refractivity contribution in [2.45, 2.75) is 76.5 Å². The minimum atomic E-state index is 0.451. The summed E-state index contributed by atoms with van der Waals surface area (Å²) in [5, 5.41) is 3.40. The molecular formula is C16H32N2O. The summed E-state index contributed by atoms with van der Waals surface area (Å²) in [6.07, 6.45) is 11.9. The van der Waals surface area contributed by atoms with E-state index in [1.54, 1.807) is 0 Å². The van der Waals surface area contributed by atoms with Gasteiger partial charge >= 0.3 is 0 Å². The molecule has 0 aromatic heterocycles. The van der Waals surface area contributed by atoms with E-state index < -0.39 is 0 Å². The fraction of sp³-hybridized carbons (Fsp3) is 1.00. The molecule has 0 amide bonds. The maximum Gasteiger partial charge on any atom is 0.0707 e. The Hall–Kier alpha value is -0.120. The predicted molar refractivity (Wildman–Crippen MR) is 80.6 cm³/mol. The lowest BCUT2D eigenvalue weighted by atomic mass is 10.1. The Morgan fingerprint density at radius 3 is 2.37 bits per heavy atom. The van der Waals surface area contributed by atoms with Gasteiger partial charge in [0, 0.05) is 19.1 Å². The zero-order valence-electron chi connectivity index (χ0n) is 12.9. The summed E-state index contributed by atoms with van der Waals surface area (Å²) in [6.45, 7) is 5.37. The lowest BCUT2D eigenvalue weighted by Crippen LogP contribution is -2.38. The van der Waals surface area contributed by atoms with Gasteiger partial charge in [0.2, 0.25) is 0 Å². The summed E-state index contributed by atoms with van der Waals surface area (Å²) in [6, 6.07) is 0.805. The van der Waals surface area contributed by atoms with Gasteiger partial charge in [-0.2, -0.15) is 0 Å². The second-order valence-electron chi connectivity index (χ2n) is 6.35. The number of nitrogens with zero attached hydrogens (tertiary/aromatic N) is 1. The van der Waals surface area contributed by atoms with E-state index in [1.807, 2.05) is 0 Å². The van der Waals surface area contributed by atoms with Crippen LogP contribution >= 0.6 is 0 Å². The molecule has 1 aliphatic carbocycles. The van der Waals surface area contributed by atoms with Crippen LogP contribution in [-0.4, -0.2) is 49.8 Å². The van der Waals surface area contributed by atoms with Crippen LogP contribution in [0.5, 0.6) is 0 Å². The molecule has 0 bridgehead atoms. The van der Waals surface area contributed by atoms with Crippen molar-refractivity contribution in [1.29, 1.82) is 0 Å². The second kappa shape index (κ2) is 8.23. The number of nitrogens with one attached hydrogen (secondary N) is 1. The van der Waals surface area contributed by atoms with E-state index in [0.717, 1.165) is 25.7 Å². The Bertz CT molecular complexity index is 239. The molecule has 0 aromatic carbocycles. The summed E-state index contributed by atoms with van der Waals surface area (Å²) >= 11 is 0. The molecule has 3 nitrogen and oxygen atoms in total. The van der Waals surface area contributed by atoms with Crippen LogP contribution in [-0.2, 0) is 4.74 Å². The first-order valence-corrected chi connectivity index (χ1v) is 8.36. The molecule has 2 fully saturated rings. The normalized spacial score (nSPS) is 29.8. The van der Waals surface area contributed by atoms with Gasteiger partial charge in [-0.1, -0.05) is 32.6 Å². The molecule has 112 valence electrons. The molecule has 0 aromatic rings. The van der Waals surface area contributed by atoms with E-state index in [1.165, 1.54) is 51.4 Å². The highest BCUT2D eigenvalue weighted by molar-refractivity contribution is 4.80. The van der Waals surface area contributed by atoms with Crippen molar-refractivity contribution in [3.63, 3.8) is 0 Å². The van der Waals surface area contributed by atoms with E-state index >= 15 is 0 Å². The van der Waals surface area contributed by atoms with Gasteiger partial charge in [0.25, 0.3) is 0 Å².